The number of aliphatic carboxylic acids is 1. The lowest BCUT2D eigenvalue weighted by Crippen LogP contribution is -2.12. The molecule has 4 nitrogen and oxygen atoms in total. The maximum atomic E-state index is 11.3. The summed E-state index contributed by atoms with van der Waals surface area (Å²) in [7, 11) is 0. The highest BCUT2D eigenvalue weighted by atomic mass is 16.4. The van der Waals surface area contributed by atoms with Crippen molar-refractivity contribution >= 4 is 18.0 Å². The molecule has 0 bridgehead atoms. The van der Waals surface area contributed by atoms with Crippen molar-refractivity contribution in [2.45, 2.75) is 6.54 Å². The molecule has 1 aromatic rings. The number of amides is 1. The third-order valence-electron chi connectivity index (χ3n) is 2.24. The van der Waals surface area contributed by atoms with E-state index in [0.717, 1.165) is 11.6 Å². The number of fused-ring (bicyclic) bond motifs is 1. The molecule has 1 heterocycles. The van der Waals surface area contributed by atoms with Crippen molar-refractivity contribution in [3.8, 4) is 0 Å². The monoisotopic (exact) mass is 203 g/mol. The summed E-state index contributed by atoms with van der Waals surface area (Å²) in [6.07, 6.45) is 2.52. The van der Waals surface area contributed by atoms with Gasteiger partial charge in [-0.05, 0) is 23.3 Å². The van der Waals surface area contributed by atoms with Crippen molar-refractivity contribution in [2.75, 3.05) is 0 Å². The van der Waals surface area contributed by atoms with Gasteiger partial charge in [-0.15, -0.1) is 0 Å². The number of carboxylic acids is 1. The zero-order chi connectivity index (χ0) is 10.8. The van der Waals surface area contributed by atoms with E-state index in [-0.39, 0.29) is 5.91 Å². The number of hydrogen-bond acceptors (Lipinski definition) is 2. The van der Waals surface area contributed by atoms with Crippen LogP contribution >= 0.6 is 0 Å². The Kier molecular flexibility index (Phi) is 2.25. The molecule has 0 aromatic heterocycles. The van der Waals surface area contributed by atoms with Gasteiger partial charge >= 0.3 is 5.97 Å². The zero-order valence-corrected chi connectivity index (χ0v) is 7.86. The molecule has 1 aliphatic rings. The van der Waals surface area contributed by atoms with Crippen molar-refractivity contribution in [1.29, 1.82) is 0 Å². The summed E-state index contributed by atoms with van der Waals surface area (Å²) in [6.45, 7) is 0.553. The van der Waals surface area contributed by atoms with Crippen LogP contribution in [-0.2, 0) is 11.3 Å². The summed E-state index contributed by atoms with van der Waals surface area (Å²) in [5, 5.41) is 11.2. The summed E-state index contributed by atoms with van der Waals surface area (Å²) in [5.74, 6) is -1.10. The molecule has 1 amide bonds. The summed E-state index contributed by atoms with van der Waals surface area (Å²) < 4.78 is 0. The van der Waals surface area contributed by atoms with Gasteiger partial charge in [-0.2, -0.15) is 0 Å². The Hall–Kier alpha value is -2.10. The minimum atomic E-state index is -1.00. The van der Waals surface area contributed by atoms with E-state index in [0.29, 0.717) is 17.7 Å². The van der Waals surface area contributed by atoms with Gasteiger partial charge in [0.2, 0.25) is 0 Å². The van der Waals surface area contributed by atoms with E-state index < -0.39 is 5.97 Å². The molecule has 76 valence electrons. The third kappa shape index (κ3) is 1.88. The van der Waals surface area contributed by atoms with Crippen LogP contribution in [0.3, 0.4) is 0 Å². The van der Waals surface area contributed by atoms with E-state index in [1.807, 2.05) is 6.07 Å². The summed E-state index contributed by atoms with van der Waals surface area (Å²) in [5.41, 5.74) is 2.29. The smallest absolute Gasteiger partial charge is 0.328 e. The molecule has 0 aliphatic carbocycles. The van der Waals surface area contributed by atoms with Crippen molar-refractivity contribution in [2.24, 2.45) is 0 Å². The second-order valence-electron chi connectivity index (χ2n) is 3.27. The fraction of sp³-hybridized carbons (Fsp3) is 0.0909. The fourth-order valence-electron chi connectivity index (χ4n) is 1.50. The van der Waals surface area contributed by atoms with Gasteiger partial charge in [0, 0.05) is 18.2 Å². The van der Waals surface area contributed by atoms with Gasteiger partial charge in [-0.3, -0.25) is 4.79 Å². The predicted octanol–water partition coefficient (Wildman–Crippen LogP) is 1.03. The highest BCUT2D eigenvalue weighted by Gasteiger charge is 2.17. The van der Waals surface area contributed by atoms with Crippen molar-refractivity contribution in [1.82, 2.24) is 5.32 Å². The highest BCUT2D eigenvalue weighted by Crippen LogP contribution is 2.17. The SMILES string of the molecule is O=C(O)C=Cc1ccc2c(c1)C(=O)NC2. The van der Waals surface area contributed by atoms with Gasteiger partial charge in [0.05, 0.1) is 0 Å². The number of carbonyl (C=O) groups excluding carboxylic acids is 1. The molecule has 2 rings (SSSR count). The fourth-order valence-corrected chi connectivity index (χ4v) is 1.50. The van der Waals surface area contributed by atoms with Crippen LogP contribution in [0.1, 0.15) is 21.5 Å². The second-order valence-corrected chi connectivity index (χ2v) is 3.27. The minimum absolute atomic E-state index is 0.101. The van der Waals surface area contributed by atoms with Crippen LogP contribution in [0.5, 0.6) is 0 Å². The van der Waals surface area contributed by atoms with E-state index in [2.05, 4.69) is 5.32 Å². The quantitative estimate of drug-likeness (QED) is 0.705. The molecule has 0 saturated heterocycles. The van der Waals surface area contributed by atoms with Gasteiger partial charge in [0.25, 0.3) is 5.91 Å². The Morgan fingerprint density at radius 3 is 3.00 bits per heavy atom. The first-order chi connectivity index (χ1) is 7.16. The van der Waals surface area contributed by atoms with E-state index in [1.165, 1.54) is 6.08 Å². The van der Waals surface area contributed by atoms with E-state index in [1.54, 1.807) is 12.1 Å². The molecule has 0 unspecified atom stereocenters. The Labute approximate surface area is 86.2 Å². The zero-order valence-electron chi connectivity index (χ0n) is 7.86. The van der Waals surface area contributed by atoms with Gasteiger partial charge in [-0.25, -0.2) is 4.79 Å². The molecule has 0 spiro atoms. The first kappa shape index (κ1) is 9.45. The number of hydrogen-bond donors (Lipinski definition) is 2. The van der Waals surface area contributed by atoms with Crippen LogP contribution in [0.15, 0.2) is 24.3 Å². The van der Waals surface area contributed by atoms with Crippen molar-refractivity contribution in [3.63, 3.8) is 0 Å². The first-order valence-electron chi connectivity index (χ1n) is 4.49. The normalized spacial score (nSPS) is 14.0. The predicted molar refractivity (Wildman–Crippen MR) is 54.3 cm³/mol. The summed E-state index contributed by atoms with van der Waals surface area (Å²) in [4.78, 5) is 21.6. The van der Waals surface area contributed by atoms with E-state index >= 15 is 0 Å². The molecule has 0 atom stereocenters. The number of benzene rings is 1. The lowest BCUT2D eigenvalue weighted by atomic mass is 10.1. The van der Waals surface area contributed by atoms with Crippen LogP contribution < -0.4 is 5.32 Å². The largest absolute Gasteiger partial charge is 0.478 e. The Bertz CT molecular complexity index is 463. The average molecular weight is 203 g/mol. The Morgan fingerprint density at radius 1 is 1.47 bits per heavy atom. The van der Waals surface area contributed by atoms with Crippen LogP contribution in [0, 0.1) is 0 Å². The van der Waals surface area contributed by atoms with Crippen LogP contribution in [0.25, 0.3) is 6.08 Å². The first-order valence-corrected chi connectivity index (χ1v) is 4.49. The van der Waals surface area contributed by atoms with E-state index in [9.17, 15) is 9.59 Å². The van der Waals surface area contributed by atoms with E-state index in [4.69, 9.17) is 5.11 Å². The molecule has 2 N–H and O–H groups in total. The maximum Gasteiger partial charge on any atom is 0.328 e. The maximum absolute atomic E-state index is 11.3. The molecule has 1 aromatic carbocycles. The molecular formula is C11H9NO3. The molecule has 0 radical (unpaired) electrons. The molecular weight excluding hydrogens is 194 g/mol. The summed E-state index contributed by atoms with van der Waals surface area (Å²) >= 11 is 0. The summed E-state index contributed by atoms with van der Waals surface area (Å²) in [6, 6.07) is 5.31. The Morgan fingerprint density at radius 2 is 2.27 bits per heavy atom. The number of carboxylic acid groups (broad SMARTS) is 1. The average Bonchev–Trinajstić information content (AvgIpc) is 2.57. The Balaban J connectivity index is 2.33. The molecule has 1 aliphatic heterocycles. The van der Waals surface area contributed by atoms with Crippen LogP contribution in [0.4, 0.5) is 0 Å². The molecule has 15 heavy (non-hydrogen) atoms. The standard InChI is InChI=1S/C11H9NO3/c13-10(14)4-2-7-1-3-8-6-12-11(15)9(8)5-7/h1-5H,6H2,(H,12,15)(H,13,14). The minimum Gasteiger partial charge on any atom is -0.478 e. The van der Waals surface area contributed by atoms with Gasteiger partial charge in [0.1, 0.15) is 0 Å². The van der Waals surface area contributed by atoms with Gasteiger partial charge in [0.15, 0.2) is 0 Å². The lowest BCUT2D eigenvalue weighted by molar-refractivity contribution is -0.131. The highest BCUT2D eigenvalue weighted by molar-refractivity contribution is 5.99. The molecule has 0 fully saturated rings. The van der Waals surface area contributed by atoms with Gasteiger partial charge < -0.3 is 10.4 Å². The van der Waals surface area contributed by atoms with Crippen LogP contribution in [0.2, 0.25) is 0 Å². The second kappa shape index (κ2) is 3.57. The molecule has 4 heteroatoms. The number of rotatable bonds is 2. The van der Waals surface area contributed by atoms with Crippen molar-refractivity contribution < 1.29 is 14.7 Å². The number of nitrogens with one attached hydrogen (secondary N) is 1. The van der Waals surface area contributed by atoms with Gasteiger partial charge in [-0.1, -0.05) is 12.1 Å². The van der Waals surface area contributed by atoms with Crippen molar-refractivity contribution in [3.05, 3.63) is 41.0 Å². The third-order valence-corrected chi connectivity index (χ3v) is 2.24. The lowest BCUT2D eigenvalue weighted by Gasteiger charge is -1.97. The van der Waals surface area contributed by atoms with Crippen LogP contribution in [-0.4, -0.2) is 17.0 Å². The molecule has 0 saturated carbocycles. The topological polar surface area (TPSA) is 66.4 Å². The number of carbonyl (C=O) groups is 2.